The first-order valence-corrected chi connectivity index (χ1v) is 7.36. The van der Waals surface area contributed by atoms with Crippen LogP contribution in [0.2, 0.25) is 0 Å². The molecule has 19 heavy (non-hydrogen) atoms. The number of hydrogen-bond acceptors (Lipinski definition) is 4. The molecule has 98 valence electrons. The van der Waals surface area contributed by atoms with Gasteiger partial charge in [-0.25, -0.2) is 4.98 Å². The normalized spacial score (nSPS) is 11.1. The van der Waals surface area contributed by atoms with Crippen molar-refractivity contribution in [1.29, 1.82) is 5.26 Å². The molecule has 0 aliphatic carbocycles. The van der Waals surface area contributed by atoms with E-state index < -0.39 is 5.41 Å². The smallest absolute Gasteiger partial charge is 0.133 e. The van der Waals surface area contributed by atoms with Gasteiger partial charge in [0, 0.05) is 10.9 Å². The van der Waals surface area contributed by atoms with Crippen LogP contribution >= 0.6 is 27.3 Å². The molecule has 3 nitrogen and oxygen atoms in total. The van der Waals surface area contributed by atoms with Gasteiger partial charge in [-0.1, -0.05) is 0 Å². The lowest BCUT2D eigenvalue weighted by Gasteiger charge is -2.10. The van der Waals surface area contributed by atoms with Gasteiger partial charge < -0.3 is 4.74 Å². The SMILES string of the molecule is COc1ccc(-c2csc(C(C)(C)C#N)n2)cc1Br. The van der Waals surface area contributed by atoms with Crippen molar-refractivity contribution in [1.82, 2.24) is 4.98 Å². The molecule has 0 fully saturated rings. The van der Waals surface area contributed by atoms with E-state index in [1.54, 1.807) is 7.11 Å². The Bertz CT molecular complexity index is 643. The summed E-state index contributed by atoms with van der Waals surface area (Å²) < 4.78 is 6.10. The van der Waals surface area contributed by atoms with Crippen LogP contribution in [0.1, 0.15) is 18.9 Å². The average molecular weight is 337 g/mol. The third-order valence-electron chi connectivity index (χ3n) is 2.77. The van der Waals surface area contributed by atoms with Crippen LogP contribution in [-0.4, -0.2) is 12.1 Å². The van der Waals surface area contributed by atoms with E-state index in [0.29, 0.717) is 0 Å². The maximum atomic E-state index is 9.13. The fourth-order valence-corrected chi connectivity index (χ4v) is 3.01. The molecule has 1 heterocycles. The minimum atomic E-state index is -0.549. The Labute approximate surface area is 125 Å². The van der Waals surface area contributed by atoms with Gasteiger partial charge in [-0.15, -0.1) is 11.3 Å². The van der Waals surface area contributed by atoms with Gasteiger partial charge in [0.1, 0.15) is 16.2 Å². The Morgan fingerprint density at radius 3 is 2.74 bits per heavy atom. The summed E-state index contributed by atoms with van der Waals surface area (Å²) in [5.41, 5.74) is 1.34. The third kappa shape index (κ3) is 2.80. The number of halogens is 1. The number of nitrogens with zero attached hydrogens (tertiary/aromatic N) is 2. The molecular weight excluding hydrogens is 324 g/mol. The molecule has 2 aromatic rings. The molecule has 0 spiro atoms. The van der Waals surface area contributed by atoms with Crippen LogP contribution in [0.5, 0.6) is 5.75 Å². The number of hydrogen-bond donors (Lipinski definition) is 0. The van der Waals surface area contributed by atoms with Crippen molar-refractivity contribution < 1.29 is 4.74 Å². The summed E-state index contributed by atoms with van der Waals surface area (Å²) in [7, 11) is 1.64. The minimum absolute atomic E-state index is 0.549. The largest absolute Gasteiger partial charge is 0.496 e. The number of rotatable bonds is 3. The lowest BCUT2D eigenvalue weighted by molar-refractivity contribution is 0.412. The molecule has 0 radical (unpaired) electrons. The van der Waals surface area contributed by atoms with Crippen molar-refractivity contribution in [2.45, 2.75) is 19.3 Å². The molecular formula is C14H13BrN2OS. The fraction of sp³-hybridized carbons (Fsp3) is 0.286. The van der Waals surface area contributed by atoms with Crippen LogP contribution in [0.3, 0.4) is 0 Å². The van der Waals surface area contributed by atoms with Crippen LogP contribution in [0.15, 0.2) is 28.1 Å². The van der Waals surface area contributed by atoms with Crippen molar-refractivity contribution in [2.75, 3.05) is 7.11 Å². The van der Waals surface area contributed by atoms with Crippen LogP contribution < -0.4 is 4.74 Å². The Morgan fingerprint density at radius 1 is 1.42 bits per heavy atom. The van der Waals surface area contributed by atoms with Gasteiger partial charge in [0.25, 0.3) is 0 Å². The Morgan fingerprint density at radius 2 is 2.16 bits per heavy atom. The highest BCUT2D eigenvalue weighted by atomic mass is 79.9. The van der Waals surface area contributed by atoms with Crippen molar-refractivity contribution in [2.24, 2.45) is 0 Å². The maximum absolute atomic E-state index is 9.13. The predicted molar refractivity (Wildman–Crippen MR) is 80.4 cm³/mol. The zero-order valence-electron chi connectivity index (χ0n) is 10.9. The lowest BCUT2D eigenvalue weighted by atomic mass is 9.97. The van der Waals surface area contributed by atoms with E-state index in [1.807, 2.05) is 37.4 Å². The van der Waals surface area contributed by atoms with E-state index in [-0.39, 0.29) is 0 Å². The fourth-order valence-electron chi connectivity index (χ4n) is 1.57. The van der Waals surface area contributed by atoms with Crippen LogP contribution in [0.25, 0.3) is 11.3 Å². The first-order chi connectivity index (χ1) is 8.97. The van der Waals surface area contributed by atoms with Crippen molar-refractivity contribution >= 4 is 27.3 Å². The number of thiazole rings is 1. The Hall–Kier alpha value is -1.38. The monoisotopic (exact) mass is 336 g/mol. The summed E-state index contributed by atoms with van der Waals surface area (Å²) in [6, 6.07) is 8.10. The predicted octanol–water partition coefficient (Wildman–Crippen LogP) is 4.38. The molecule has 0 N–H and O–H groups in total. The van der Waals surface area contributed by atoms with E-state index in [9.17, 15) is 0 Å². The second-order valence-electron chi connectivity index (χ2n) is 4.62. The summed E-state index contributed by atoms with van der Waals surface area (Å²) in [5.74, 6) is 0.788. The van der Waals surface area contributed by atoms with Gasteiger partial charge in [0.05, 0.1) is 23.3 Å². The van der Waals surface area contributed by atoms with Crippen molar-refractivity contribution in [3.8, 4) is 23.1 Å². The van der Waals surface area contributed by atoms with Gasteiger partial charge in [-0.05, 0) is 48.0 Å². The molecule has 0 saturated heterocycles. The van der Waals surface area contributed by atoms with E-state index in [2.05, 4.69) is 27.0 Å². The maximum Gasteiger partial charge on any atom is 0.133 e. The van der Waals surface area contributed by atoms with Crippen molar-refractivity contribution in [3.63, 3.8) is 0 Å². The highest BCUT2D eigenvalue weighted by Gasteiger charge is 2.24. The van der Waals surface area contributed by atoms with E-state index >= 15 is 0 Å². The molecule has 5 heteroatoms. The van der Waals surface area contributed by atoms with Crippen LogP contribution in [0.4, 0.5) is 0 Å². The van der Waals surface area contributed by atoms with E-state index in [0.717, 1.165) is 26.5 Å². The first kappa shape index (κ1) is 14.0. The quantitative estimate of drug-likeness (QED) is 0.835. The highest BCUT2D eigenvalue weighted by Crippen LogP contribution is 2.33. The number of methoxy groups -OCH3 is 1. The number of ether oxygens (including phenoxy) is 1. The van der Waals surface area contributed by atoms with Gasteiger partial charge in [0.15, 0.2) is 0 Å². The highest BCUT2D eigenvalue weighted by molar-refractivity contribution is 9.10. The topological polar surface area (TPSA) is 45.9 Å². The summed E-state index contributed by atoms with van der Waals surface area (Å²) in [4.78, 5) is 4.55. The third-order valence-corrected chi connectivity index (χ3v) is 4.55. The Balaban J connectivity index is 2.39. The van der Waals surface area contributed by atoms with Gasteiger partial charge in [0.2, 0.25) is 0 Å². The average Bonchev–Trinajstić information content (AvgIpc) is 2.89. The van der Waals surface area contributed by atoms with Gasteiger partial charge in [-0.3, -0.25) is 0 Å². The molecule has 0 aliphatic heterocycles. The molecule has 0 atom stereocenters. The summed E-state index contributed by atoms with van der Waals surface area (Å²) >= 11 is 4.97. The number of nitriles is 1. The standard InChI is InChI=1S/C14H13BrN2OS/c1-14(2,8-16)13-17-11(7-19-13)9-4-5-12(18-3)10(15)6-9/h4-7H,1-3H3. The molecule has 2 rings (SSSR count). The van der Waals surface area contributed by atoms with E-state index in [4.69, 9.17) is 10.00 Å². The molecule has 1 aromatic carbocycles. The first-order valence-electron chi connectivity index (χ1n) is 5.69. The zero-order chi connectivity index (χ0) is 14.0. The number of aromatic nitrogens is 1. The molecule has 0 saturated carbocycles. The summed E-state index contributed by atoms with van der Waals surface area (Å²) in [5, 5.41) is 11.9. The lowest BCUT2D eigenvalue weighted by Crippen LogP contribution is -2.13. The molecule has 0 amide bonds. The van der Waals surface area contributed by atoms with Gasteiger partial charge in [-0.2, -0.15) is 5.26 Å². The number of benzene rings is 1. The zero-order valence-corrected chi connectivity index (χ0v) is 13.3. The summed E-state index contributed by atoms with van der Waals surface area (Å²) in [6.07, 6.45) is 0. The molecule has 1 aromatic heterocycles. The molecule has 0 unspecified atom stereocenters. The minimum Gasteiger partial charge on any atom is -0.496 e. The van der Waals surface area contributed by atoms with Crippen LogP contribution in [0, 0.1) is 11.3 Å². The van der Waals surface area contributed by atoms with Crippen LogP contribution in [-0.2, 0) is 5.41 Å². The molecule has 0 aliphatic rings. The molecule has 0 bridgehead atoms. The van der Waals surface area contributed by atoms with Crippen molar-refractivity contribution in [3.05, 3.63) is 33.1 Å². The van der Waals surface area contributed by atoms with E-state index in [1.165, 1.54) is 11.3 Å². The second kappa shape index (κ2) is 5.32. The van der Waals surface area contributed by atoms with Gasteiger partial charge >= 0.3 is 0 Å². The second-order valence-corrected chi connectivity index (χ2v) is 6.34. The summed E-state index contributed by atoms with van der Waals surface area (Å²) in [6.45, 7) is 3.75. The Kier molecular flexibility index (Phi) is 3.93.